The van der Waals surface area contributed by atoms with E-state index in [0.29, 0.717) is 23.7 Å². The summed E-state index contributed by atoms with van der Waals surface area (Å²) in [5.74, 6) is 0.497. The lowest BCUT2D eigenvalue weighted by molar-refractivity contribution is -0.122. The van der Waals surface area contributed by atoms with Crippen LogP contribution in [-0.2, 0) is 9.59 Å². The second-order valence-electron chi connectivity index (χ2n) is 6.75. The quantitative estimate of drug-likeness (QED) is 0.678. The van der Waals surface area contributed by atoms with Gasteiger partial charge in [0.2, 0.25) is 11.8 Å². The van der Waals surface area contributed by atoms with Crippen molar-refractivity contribution in [3.63, 3.8) is 0 Å². The van der Waals surface area contributed by atoms with Crippen LogP contribution < -0.4 is 19.7 Å². The Labute approximate surface area is 173 Å². The Morgan fingerprint density at radius 2 is 1.83 bits per heavy atom. The fourth-order valence-electron chi connectivity index (χ4n) is 3.21. The lowest BCUT2D eigenvalue weighted by Crippen LogP contribution is -2.28. The number of hydrogen-bond acceptors (Lipinski definition) is 6. The second-order valence-corrected chi connectivity index (χ2v) is 6.75. The molecule has 1 fully saturated rings. The van der Waals surface area contributed by atoms with Crippen LogP contribution in [0.1, 0.15) is 6.42 Å². The molecule has 0 aliphatic carbocycles. The van der Waals surface area contributed by atoms with Crippen molar-refractivity contribution in [1.29, 1.82) is 0 Å². The van der Waals surface area contributed by atoms with Gasteiger partial charge in [0, 0.05) is 42.8 Å². The molecule has 1 unspecified atom stereocenters. The first-order valence-corrected chi connectivity index (χ1v) is 9.42. The highest BCUT2D eigenvalue weighted by molar-refractivity contribution is 6.03. The van der Waals surface area contributed by atoms with E-state index in [9.17, 15) is 9.59 Å². The number of amides is 2. The van der Waals surface area contributed by atoms with Crippen molar-refractivity contribution in [3.8, 4) is 17.5 Å². The molecular formula is C22H20N4O4. The van der Waals surface area contributed by atoms with Gasteiger partial charge in [0.05, 0.1) is 13.0 Å². The third-order valence-electron chi connectivity index (χ3n) is 4.73. The Bertz CT molecular complexity index is 1040. The van der Waals surface area contributed by atoms with E-state index in [4.69, 9.17) is 9.47 Å². The molecule has 0 bridgehead atoms. The van der Waals surface area contributed by atoms with Crippen molar-refractivity contribution in [1.82, 2.24) is 9.97 Å². The van der Waals surface area contributed by atoms with E-state index in [1.54, 1.807) is 60.8 Å². The molecule has 1 aliphatic heterocycles. The van der Waals surface area contributed by atoms with Crippen LogP contribution in [0.3, 0.4) is 0 Å². The van der Waals surface area contributed by atoms with Gasteiger partial charge in [0.15, 0.2) is 0 Å². The second kappa shape index (κ2) is 8.60. The fourth-order valence-corrected chi connectivity index (χ4v) is 3.21. The molecule has 1 aliphatic rings. The van der Waals surface area contributed by atoms with Crippen molar-refractivity contribution in [2.24, 2.45) is 5.92 Å². The van der Waals surface area contributed by atoms with Gasteiger partial charge in [-0.05, 0) is 42.5 Å². The van der Waals surface area contributed by atoms with Gasteiger partial charge in [-0.2, -0.15) is 0 Å². The highest BCUT2D eigenvalue weighted by Crippen LogP contribution is 2.29. The Morgan fingerprint density at radius 1 is 1.07 bits per heavy atom. The maximum absolute atomic E-state index is 12.7. The highest BCUT2D eigenvalue weighted by Gasteiger charge is 2.35. The minimum atomic E-state index is -0.433. The van der Waals surface area contributed by atoms with E-state index in [0.717, 1.165) is 5.69 Å². The SMILES string of the molecule is COc1cccc(N2CC(C(=O)Nc3ccc(Oc4ncccn4)cc3)CC2=O)c1. The highest BCUT2D eigenvalue weighted by atomic mass is 16.5. The molecular weight excluding hydrogens is 384 g/mol. The smallest absolute Gasteiger partial charge is 0.321 e. The van der Waals surface area contributed by atoms with Gasteiger partial charge in [-0.25, -0.2) is 9.97 Å². The monoisotopic (exact) mass is 404 g/mol. The molecule has 152 valence electrons. The summed E-state index contributed by atoms with van der Waals surface area (Å²) >= 11 is 0. The van der Waals surface area contributed by atoms with E-state index >= 15 is 0 Å². The van der Waals surface area contributed by atoms with Crippen molar-refractivity contribution < 1.29 is 19.1 Å². The summed E-state index contributed by atoms with van der Waals surface area (Å²) in [5, 5.41) is 2.86. The molecule has 1 aromatic heterocycles. The first kappa shape index (κ1) is 19.4. The summed E-state index contributed by atoms with van der Waals surface area (Å²) in [5.41, 5.74) is 1.34. The number of aromatic nitrogens is 2. The summed E-state index contributed by atoms with van der Waals surface area (Å²) in [7, 11) is 1.57. The zero-order chi connectivity index (χ0) is 20.9. The maximum atomic E-state index is 12.7. The molecule has 1 N–H and O–H groups in total. The van der Waals surface area contributed by atoms with Crippen LogP contribution in [0.15, 0.2) is 67.0 Å². The first-order chi connectivity index (χ1) is 14.6. The van der Waals surface area contributed by atoms with Gasteiger partial charge < -0.3 is 19.7 Å². The topological polar surface area (TPSA) is 93.7 Å². The fraction of sp³-hybridized carbons (Fsp3) is 0.182. The van der Waals surface area contributed by atoms with Crippen LogP contribution in [0.2, 0.25) is 0 Å². The van der Waals surface area contributed by atoms with Crippen LogP contribution in [0, 0.1) is 5.92 Å². The number of carbonyl (C=O) groups excluding carboxylic acids is 2. The van der Waals surface area contributed by atoms with Crippen molar-refractivity contribution in [3.05, 3.63) is 67.0 Å². The van der Waals surface area contributed by atoms with Crippen LogP contribution in [0.5, 0.6) is 17.5 Å². The molecule has 1 saturated heterocycles. The molecule has 4 rings (SSSR count). The molecule has 2 heterocycles. The Hall–Kier alpha value is -3.94. The van der Waals surface area contributed by atoms with Crippen LogP contribution in [0.25, 0.3) is 0 Å². The summed E-state index contributed by atoms with van der Waals surface area (Å²) in [6, 6.07) is 16.1. The maximum Gasteiger partial charge on any atom is 0.321 e. The number of nitrogens with one attached hydrogen (secondary N) is 1. The zero-order valence-corrected chi connectivity index (χ0v) is 16.3. The molecule has 30 heavy (non-hydrogen) atoms. The lowest BCUT2D eigenvalue weighted by atomic mass is 10.1. The number of ether oxygens (including phenoxy) is 2. The minimum Gasteiger partial charge on any atom is -0.497 e. The summed E-state index contributed by atoms with van der Waals surface area (Å²) < 4.78 is 10.8. The zero-order valence-electron chi connectivity index (χ0n) is 16.3. The molecule has 0 spiro atoms. The molecule has 1 atom stereocenters. The average molecular weight is 404 g/mol. The number of benzene rings is 2. The van der Waals surface area contributed by atoms with Crippen molar-refractivity contribution >= 4 is 23.2 Å². The average Bonchev–Trinajstić information content (AvgIpc) is 3.18. The Morgan fingerprint density at radius 3 is 2.57 bits per heavy atom. The molecule has 2 aromatic carbocycles. The van der Waals surface area contributed by atoms with Crippen molar-refractivity contribution in [2.45, 2.75) is 6.42 Å². The van der Waals surface area contributed by atoms with Crippen LogP contribution >= 0.6 is 0 Å². The Kier molecular flexibility index (Phi) is 5.56. The van der Waals surface area contributed by atoms with E-state index in [1.165, 1.54) is 0 Å². The minimum absolute atomic E-state index is 0.0880. The lowest BCUT2D eigenvalue weighted by Gasteiger charge is -2.17. The molecule has 3 aromatic rings. The molecule has 8 heteroatoms. The largest absolute Gasteiger partial charge is 0.497 e. The standard InChI is InChI=1S/C22H20N4O4/c1-29-19-5-2-4-17(13-19)26-14-15(12-20(26)27)21(28)25-16-6-8-18(9-7-16)30-22-23-10-3-11-24-22/h2-11,13,15H,12,14H2,1H3,(H,25,28). The summed E-state index contributed by atoms with van der Waals surface area (Å²) in [6.45, 7) is 0.324. The summed E-state index contributed by atoms with van der Waals surface area (Å²) in [6.07, 6.45) is 3.35. The van der Waals surface area contributed by atoms with E-state index in [2.05, 4.69) is 15.3 Å². The third kappa shape index (κ3) is 4.38. The number of carbonyl (C=O) groups is 2. The molecule has 2 amide bonds. The summed E-state index contributed by atoms with van der Waals surface area (Å²) in [4.78, 5) is 34.7. The number of nitrogens with zero attached hydrogens (tertiary/aromatic N) is 3. The van der Waals surface area contributed by atoms with Gasteiger partial charge in [-0.15, -0.1) is 0 Å². The molecule has 8 nitrogen and oxygen atoms in total. The third-order valence-corrected chi connectivity index (χ3v) is 4.73. The number of methoxy groups -OCH3 is 1. The van der Waals surface area contributed by atoms with Gasteiger partial charge in [-0.1, -0.05) is 6.07 Å². The normalized spacial score (nSPS) is 15.7. The van der Waals surface area contributed by atoms with Gasteiger partial charge in [-0.3, -0.25) is 9.59 Å². The Balaban J connectivity index is 1.37. The van der Waals surface area contributed by atoms with Crippen LogP contribution in [-0.4, -0.2) is 35.4 Å². The number of hydrogen-bond donors (Lipinski definition) is 1. The van der Waals surface area contributed by atoms with E-state index < -0.39 is 5.92 Å². The number of anilines is 2. The van der Waals surface area contributed by atoms with Gasteiger partial charge in [0.25, 0.3) is 0 Å². The van der Waals surface area contributed by atoms with Gasteiger partial charge >= 0.3 is 6.01 Å². The van der Waals surface area contributed by atoms with E-state index in [-0.39, 0.29) is 24.2 Å². The molecule has 0 saturated carbocycles. The number of rotatable bonds is 6. The predicted octanol–water partition coefficient (Wildman–Crippen LogP) is 3.27. The van der Waals surface area contributed by atoms with Gasteiger partial charge in [0.1, 0.15) is 11.5 Å². The van der Waals surface area contributed by atoms with E-state index in [1.807, 2.05) is 18.2 Å². The predicted molar refractivity (Wildman–Crippen MR) is 111 cm³/mol. The van der Waals surface area contributed by atoms with Crippen molar-refractivity contribution in [2.75, 3.05) is 23.9 Å². The van der Waals surface area contributed by atoms with Crippen LogP contribution in [0.4, 0.5) is 11.4 Å². The first-order valence-electron chi connectivity index (χ1n) is 9.42. The molecule has 0 radical (unpaired) electrons.